The molecule has 1 fully saturated rings. The number of imidazole rings is 1. The van der Waals surface area contributed by atoms with Crippen LogP contribution in [0, 0.1) is 0 Å². The molecule has 5 rings (SSSR count). The van der Waals surface area contributed by atoms with E-state index in [2.05, 4.69) is 31.9 Å². The second kappa shape index (κ2) is 7.22. The minimum atomic E-state index is -0.478. The number of carbonyl (C=O) groups excluding carboxylic acids is 1. The molecule has 5 heterocycles. The average Bonchev–Trinajstić information content (AvgIpc) is 3.25. The Kier molecular flexibility index (Phi) is 4.52. The monoisotopic (exact) mass is 409 g/mol. The molecule has 2 atom stereocenters. The van der Waals surface area contributed by atoms with E-state index in [4.69, 9.17) is 0 Å². The third kappa shape index (κ3) is 2.79. The van der Waals surface area contributed by atoms with Crippen LogP contribution in [0.25, 0.3) is 16.9 Å². The summed E-state index contributed by atoms with van der Waals surface area (Å²) in [6.45, 7) is 2.76. The Labute approximate surface area is 172 Å². The molecule has 0 saturated carbocycles. The Balaban J connectivity index is 1.57. The van der Waals surface area contributed by atoms with Crippen molar-refractivity contribution in [1.82, 2.24) is 34.4 Å². The van der Waals surface area contributed by atoms with Crippen LogP contribution in [0.3, 0.4) is 0 Å². The number of hydrazine groups is 1. The maximum Gasteiger partial charge on any atom is 0.332 e. The van der Waals surface area contributed by atoms with E-state index in [-0.39, 0.29) is 23.7 Å². The maximum absolute atomic E-state index is 12.9. The largest absolute Gasteiger partial charge is 0.387 e. The normalized spacial score (nSPS) is 24.2. The maximum atomic E-state index is 12.9. The zero-order chi connectivity index (χ0) is 20.8. The Morgan fingerprint density at radius 3 is 3.07 bits per heavy atom. The highest BCUT2D eigenvalue weighted by atomic mass is 16.3. The van der Waals surface area contributed by atoms with Crippen molar-refractivity contribution in [3.8, 4) is 0 Å². The SMILES string of the molecule is CC1C(n2c(=O)[nH]c3cncnc32)=C2C=CC=CN2N1C1CCCN(C(=O)CO)C1. The van der Waals surface area contributed by atoms with Gasteiger partial charge >= 0.3 is 5.69 Å². The van der Waals surface area contributed by atoms with Crippen LogP contribution >= 0.6 is 0 Å². The molecule has 0 bridgehead atoms. The molecule has 10 nitrogen and oxygen atoms in total. The van der Waals surface area contributed by atoms with Gasteiger partial charge in [-0.2, -0.15) is 0 Å². The van der Waals surface area contributed by atoms with Gasteiger partial charge in [-0.3, -0.25) is 9.80 Å². The summed E-state index contributed by atoms with van der Waals surface area (Å²) in [5.74, 6) is -0.251. The third-order valence-electron chi connectivity index (χ3n) is 5.99. The van der Waals surface area contributed by atoms with E-state index < -0.39 is 6.61 Å². The number of nitrogens with zero attached hydrogens (tertiary/aromatic N) is 6. The molecule has 1 amide bonds. The lowest BCUT2D eigenvalue weighted by molar-refractivity contribution is -0.137. The predicted molar refractivity (Wildman–Crippen MR) is 109 cm³/mol. The van der Waals surface area contributed by atoms with E-state index in [1.807, 2.05) is 24.4 Å². The fourth-order valence-electron chi connectivity index (χ4n) is 4.74. The number of fused-ring (bicyclic) bond motifs is 2. The van der Waals surface area contributed by atoms with Crippen LogP contribution in [-0.4, -0.2) is 77.2 Å². The number of rotatable bonds is 3. The lowest BCUT2D eigenvalue weighted by Crippen LogP contribution is -2.55. The van der Waals surface area contributed by atoms with Crippen LogP contribution in [0.15, 0.2) is 47.4 Å². The molecule has 3 aliphatic heterocycles. The van der Waals surface area contributed by atoms with Crippen molar-refractivity contribution in [2.75, 3.05) is 19.7 Å². The summed E-state index contributed by atoms with van der Waals surface area (Å²) in [5.41, 5.74) is 2.59. The summed E-state index contributed by atoms with van der Waals surface area (Å²) in [5, 5.41) is 13.6. The molecule has 10 heteroatoms. The first kappa shape index (κ1) is 18.8. The fraction of sp³-hybridized carbons (Fsp3) is 0.400. The fourth-order valence-corrected chi connectivity index (χ4v) is 4.74. The van der Waals surface area contributed by atoms with E-state index in [0.29, 0.717) is 24.3 Å². The third-order valence-corrected chi connectivity index (χ3v) is 5.99. The Morgan fingerprint density at radius 1 is 1.37 bits per heavy atom. The molecule has 2 aromatic heterocycles. The molecule has 1 saturated heterocycles. The highest BCUT2D eigenvalue weighted by molar-refractivity contribution is 5.78. The average molecular weight is 409 g/mol. The number of carbonyl (C=O) groups is 1. The Hall–Kier alpha value is -3.24. The predicted octanol–water partition coefficient (Wildman–Crippen LogP) is 0.276. The smallest absolute Gasteiger partial charge is 0.332 e. The van der Waals surface area contributed by atoms with Gasteiger partial charge in [0.05, 0.1) is 23.6 Å². The van der Waals surface area contributed by atoms with Crippen molar-refractivity contribution in [2.24, 2.45) is 0 Å². The van der Waals surface area contributed by atoms with Crippen LogP contribution in [-0.2, 0) is 4.79 Å². The van der Waals surface area contributed by atoms with Crippen molar-refractivity contribution in [3.05, 3.63) is 53.1 Å². The van der Waals surface area contributed by atoms with Crippen LogP contribution < -0.4 is 5.69 Å². The Morgan fingerprint density at radius 2 is 2.23 bits per heavy atom. The molecule has 0 aliphatic carbocycles. The number of allylic oxidation sites excluding steroid dienone is 3. The van der Waals surface area contributed by atoms with Gasteiger partial charge in [-0.05, 0) is 31.9 Å². The molecule has 2 unspecified atom stereocenters. The number of aliphatic hydroxyl groups excluding tert-OH is 1. The zero-order valence-electron chi connectivity index (χ0n) is 16.6. The number of hydrogen-bond acceptors (Lipinski definition) is 7. The first-order valence-corrected chi connectivity index (χ1v) is 10.1. The van der Waals surface area contributed by atoms with Gasteiger partial charge in [0.1, 0.15) is 18.5 Å². The van der Waals surface area contributed by atoms with Crippen LogP contribution in [0.5, 0.6) is 0 Å². The lowest BCUT2D eigenvalue weighted by Gasteiger charge is -2.43. The van der Waals surface area contributed by atoms with Gasteiger partial charge in [-0.25, -0.2) is 24.3 Å². The van der Waals surface area contributed by atoms with Crippen LogP contribution in [0.2, 0.25) is 0 Å². The molecule has 0 aromatic carbocycles. The second-order valence-corrected chi connectivity index (χ2v) is 7.69. The van der Waals surface area contributed by atoms with E-state index in [1.165, 1.54) is 6.33 Å². The lowest BCUT2D eigenvalue weighted by atomic mass is 10.0. The number of hydrogen-bond donors (Lipinski definition) is 2. The van der Waals surface area contributed by atoms with Crippen molar-refractivity contribution < 1.29 is 9.90 Å². The van der Waals surface area contributed by atoms with Gasteiger partial charge in [-0.1, -0.05) is 6.08 Å². The first-order valence-electron chi connectivity index (χ1n) is 10.1. The summed E-state index contributed by atoms with van der Waals surface area (Å²) in [7, 11) is 0. The second-order valence-electron chi connectivity index (χ2n) is 7.69. The number of amides is 1. The van der Waals surface area contributed by atoms with E-state index in [9.17, 15) is 14.7 Å². The summed E-state index contributed by atoms with van der Waals surface area (Å²) in [6.07, 6.45) is 12.7. The molecule has 2 N–H and O–H groups in total. The highest BCUT2D eigenvalue weighted by Crippen LogP contribution is 2.38. The van der Waals surface area contributed by atoms with Gasteiger partial charge in [0.25, 0.3) is 0 Å². The van der Waals surface area contributed by atoms with Gasteiger partial charge in [0.15, 0.2) is 5.65 Å². The first-order chi connectivity index (χ1) is 14.6. The number of aromatic amines is 1. The molecular weight excluding hydrogens is 386 g/mol. The minimum Gasteiger partial charge on any atom is -0.387 e. The van der Waals surface area contributed by atoms with Gasteiger partial charge in [0.2, 0.25) is 5.91 Å². The molecule has 2 aromatic rings. The quantitative estimate of drug-likeness (QED) is 0.749. The molecule has 30 heavy (non-hydrogen) atoms. The molecule has 0 radical (unpaired) electrons. The van der Waals surface area contributed by atoms with Gasteiger partial charge in [0, 0.05) is 25.3 Å². The van der Waals surface area contributed by atoms with E-state index >= 15 is 0 Å². The van der Waals surface area contributed by atoms with Gasteiger partial charge < -0.3 is 15.0 Å². The summed E-state index contributed by atoms with van der Waals surface area (Å²) < 4.78 is 1.62. The minimum absolute atomic E-state index is 0.0587. The summed E-state index contributed by atoms with van der Waals surface area (Å²) in [4.78, 5) is 37.8. The van der Waals surface area contributed by atoms with E-state index in [1.54, 1.807) is 15.7 Å². The summed E-state index contributed by atoms with van der Waals surface area (Å²) >= 11 is 0. The van der Waals surface area contributed by atoms with Crippen molar-refractivity contribution in [1.29, 1.82) is 0 Å². The highest BCUT2D eigenvalue weighted by Gasteiger charge is 2.42. The van der Waals surface area contributed by atoms with Gasteiger partial charge in [-0.15, -0.1) is 0 Å². The number of likely N-dealkylation sites (tertiary alicyclic amines) is 1. The zero-order valence-corrected chi connectivity index (χ0v) is 16.6. The molecule has 156 valence electrons. The standard InChI is InChI=1S/C20H23N7O3/c1-13-18(26-19-15(23-20(26)30)9-21-12-22-19)16-6-2-3-8-25(16)27(13)14-5-4-7-24(10-14)17(29)11-28/h2-3,6,8-9,12-14,28H,4-5,7,10-11H2,1H3,(H,23,30). The number of piperidine rings is 1. The number of aromatic nitrogens is 4. The molecule has 3 aliphatic rings. The topological polar surface area (TPSA) is 111 Å². The number of nitrogens with one attached hydrogen (secondary N) is 1. The molecule has 0 spiro atoms. The van der Waals surface area contributed by atoms with Crippen LogP contribution in [0.4, 0.5) is 0 Å². The number of aliphatic hydroxyl groups is 1. The molecular formula is C20H23N7O3. The van der Waals surface area contributed by atoms with Crippen molar-refractivity contribution in [3.63, 3.8) is 0 Å². The summed E-state index contributed by atoms with van der Waals surface area (Å²) in [6, 6.07) is -0.0725. The van der Waals surface area contributed by atoms with E-state index in [0.717, 1.165) is 24.2 Å². The van der Waals surface area contributed by atoms with Crippen molar-refractivity contribution in [2.45, 2.75) is 31.8 Å². The van der Waals surface area contributed by atoms with Crippen LogP contribution in [0.1, 0.15) is 19.8 Å². The Bertz CT molecular complexity index is 1140. The van der Waals surface area contributed by atoms with Crippen molar-refractivity contribution >= 4 is 22.8 Å². The number of H-pyrrole nitrogens is 1.